The summed E-state index contributed by atoms with van der Waals surface area (Å²) >= 11 is 0. The number of imide groups is 1. The van der Waals surface area contributed by atoms with Crippen LogP contribution in [-0.4, -0.2) is 52.0 Å². The van der Waals surface area contributed by atoms with Crippen molar-refractivity contribution in [2.45, 2.75) is 13.0 Å². The van der Waals surface area contributed by atoms with Crippen LogP contribution in [0.25, 0.3) is 5.69 Å². The summed E-state index contributed by atoms with van der Waals surface area (Å²) in [5.41, 5.74) is 2.43. The Morgan fingerprint density at radius 1 is 1.16 bits per heavy atom. The second-order valence-electron chi connectivity index (χ2n) is 7.09. The van der Waals surface area contributed by atoms with Gasteiger partial charge >= 0.3 is 6.03 Å². The van der Waals surface area contributed by atoms with Crippen molar-refractivity contribution in [2.75, 3.05) is 25.7 Å². The number of hydrogen-bond acceptors (Lipinski definition) is 7. The van der Waals surface area contributed by atoms with Gasteiger partial charge in [0.15, 0.2) is 11.5 Å². The molecule has 0 spiro atoms. The molecule has 0 bridgehead atoms. The van der Waals surface area contributed by atoms with E-state index in [-0.39, 0.29) is 19.4 Å². The lowest BCUT2D eigenvalue weighted by Crippen LogP contribution is -2.41. The van der Waals surface area contributed by atoms with Gasteiger partial charge in [-0.2, -0.15) is 5.10 Å². The molecule has 1 unspecified atom stereocenters. The van der Waals surface area contributed by atoms with Crippen LogP contribution >= 0.6 is 0 Å². The van der Waals surface area contributed by atoms with Crippen LogP contribution in [-0.2, 0) is 4.79 Å². The van der Waals surface area contributed by atoms with E-state index in [0.717, 1.165) is 11.3 Å². The topological polar surface area (TPSA) is 111 Å². The van der Waals surface area contributed by atoms with Gasteiger partial charge in [0.2, 0.25) is 12.7 Å². The van der Waals surface area contributed by atoms with Crippen molar-refractivity contribution in [3.63, 3.8) is 0 Å². The van der Waals surface area contributed by atoms with E-state index in [1.165, 1.54) is 6.33 Å². The summed E-state index contributed by atoms with van der Waals surface area (Å²) in [6, 6.07) is 12.2. The molecule has 2 N–H and O–H groups in total. The molecule has 0 saturated carbocycles. The lowest BCUT2D eigenvalue weighted by Gasteiger charge is -2.24. The van der Waals surface area contributed by atoms with Gasteiger partial charge in [0, 0.05) is 17.8 Å². The minimum atomic E-state index is -0.609. The summed E-state index contributed by atoms with van der Waals surface area (Å²) in [4.78, 5) is 30.2. The standard InChI is InChI=1S/C21H22N6O4/c1-14(15-3-6-17(7-4-15)27-12-22-11-23-27)26(2)10-20(28)25-21(29)24-16-5-8-18-19(9-16)31-13-30-18/h3-9,11-12,14H,10,13H2,1-2H3,(H2,24,25,28,29). The van der Waals surface area contributed by atoms with Crippen molar-refractivity contribution < 1.29 is 19.1 Å². The molecule has 0 saturated heterocycles. The van der Waals surface area contributed by atoms with Crippen LogP contribution in [0.2, 0.25) is 0 Å². The number of likely N-dealkylation sites (N-methyl/N-ethyl adjacent to an activating group) is 1. The average Bonchev–Trinajstić information content (AvgIpc) is 3.45. The van der Waals surface area contributed by atoms with E-state index in [1.807, 2.05) is 43.1 Å². The zero-order chi connectivity index (χ0) is 21.8. The maximum Gasteiger partial charge on any atom is 0.325 e. The number of fused-ring (bicyclic) bond motifs is 1. The highest BCUT2D eigenvalue weighted by atomic mass is 16.7. The molecule has 2 aromatic carbocycles. The molecule has 160 valence electrons. The SMILES string of the molecule is CC(c1ccc(-n2cncn2)cc1)N(C)CC(=O)NC(=O)Nc1ccc2c(c1)OCO2. The minimum Gasteiger partial charge on any atom is -0.454 e. The molecular weight excluding hydrogens is 400 g/mol. The maximum atomic E-state index is 12.3. The number of carbonyl (C=O) groups excluding carboxylic acids is 2. The predicted octanol–water partition coefficient (Wildman–Crippen LogP) is 2.34. The third-order valence-corrected chi connectivity index (χ3v) is 5.00. The van der Waals surface area contributed by atoms with Crippen LogP contribution in [0, 0.1) is 0 Å². The number of nitrogens with one attached hydrogen (secondary N) is 2. The van der Waals surface area contributed by atoms with Crippen LogP contribution < -0.4 is 20.1 Å². The summed E-state index contributed by atoms with van der Waals surface area (Å²) in [5, 5.41) is 9.06. The molecule has 4 rings (SSSR count). The predicted molar refractivity (Wildman–Crippen MR) is 112 cm³/mol. The van der Waals surface area contributed by atoms with Gasteiger partial charge in [0.05, 0.1) is 12.2 Å². The monoisotopic (exact) mass is 422 g/mol. The summed E-state index contributed by atoms with van der Waals surface area (Å²) < 4.78 is 12.2. The van der Waals surface area contributed by atoms with Crippen molar-refractivity contribution in [3.05, 3.63) is 60.7 Å². The molecule has 3 amide bonds. The van der Waals surface area contributed by atoms with E-state index in [4.69, 9.17) is 9.47 Å². The molecule has 10 heteroatoms. The Balaban J connectivity index is 1.29. The fraction of sp³-hybridized carbons (Fsp3) is 0.238. The number of benzene rings is 2. The number of urea groups is 1. The number of ether oxygens (including phenoxy) is 2. The van der Waals surface area contributed by atoms with Crippen molar-refractivity contribution in [1.29, 1.82) is 0 Å². The second-order valence-corrected chi connectivity index (χ2v) is 7.09. The van der Waals surface area contributed by atoms with Gasteiger partial charge in [-0.05, 0) is 43.8 Å². The number of amides is 3. The van der Waals surface area contributed by atoms with Gasteiger partial charge in [0.1, 0.15) is 12.7 Å². The Morgan fingerprint density at radius 2 is 1.94 bits per heavy atom. The summed E-state index contributed by atoms with van der Waals surface area (Å²) in [7, 11) is 1.82. The van der Waals surface area contributed by atoms with Crippen LogP contribution in [0.5, 0.6) is 11.5 Å². The fourth-order valence-corrected chi connectivity index (χ4v) is 3.17. The highest BCUT2D eigenvalue weighted by Gasteiger charge is 2.18. The smallest absolute Gasteiger partial charge is 0.325 e. The fourth-order valence-electron chi connectivity index (χ4n) is 3.17. The second kappa shape index (κ2) is 8.84. The van der Waals surface area contributed by atoms with Gasteiger partial charge in [-0.1, -0.05) is 12.1 Å². The first-order valence-corrected chi connectivity index (χ1v) is 9.65. The molecule has 0 aliphatic carbocycles. The molecule has 1 atom stereocenters. The molecule has 2 heterocycles. The van der Waals surface area contributed by atoms with Crippen molar-refractivity contribution in [2.24, 2.45) is 0 Å². The van der Waals surface area contributed by atoms with Crippen LogP contribution in [0.4, 0.5) is 10.5 Å². The van der Waals surface area contributed by atoms with Gasteiger partial charge in [-0.25, -0.2) is 14.5 Å². The third kappa shape index (κ3) is 4.81. The first kappa shape index (κ1) is 20.4. The van der Waals surface area contributed by atoms with Crippen LogP contribution in [0.1, 0.15) is 18.5 Å². The lowest BCUT2D eigenvalue weighted by atomic mass is 10.1. The Kier molecular flexibility index (Phi) is 5.80. The normalized spacial score (nSPS) is 13.1. The summed E-state index contributed by atoms with van der Waals surface area (Å²) in [5.74, 6) is 0.756. The maximum absolute atomic E-state index is 12.3. The lowest BCUT2D eigenvalue weighted by molar-refractivity contribution is -0.121. The average molecular weight is 422 g/mol. The first-order valence-electron chi connectivity index (χ1n) is 9.65. The third-order valence-electron chi connectivity index (χ3n) is 5.00. The largest absolute Gasteiger partial charge is 0.454 e. The molecule has 1 aliphatic heterocycles. The molecule has 0 fully saturated rings. The zero-order valence-electron chi connectivity index (χ0n) is 17.1. The Hall–Kier alpha value is -3.92. The molecule has 10 nitrogen and oxygen atoms in total. The Bertz CT molecular complexity index is 1070. The highest BCUT2D eigenvalue weighted by Crippen LogP contribution is 2.34. The van der Waals surface area contributed by atoms with E-state index in [0.29, 0.717) is 17.2 Å². The first-order chi connectivity index (χ1) is 15.0. The van der Waals surface area contributed by atoms with E-state index in [2.05, 4.69) is 20.7 Å². The summed E-state index contributed by atoms with van der Waals surface area (Å²) in [6.45, 7) is 2.20. The number of aromatic nitrogens is 3. The van der Waals surface area contributed by atoms with E-state index < -0.39 is 11.9 Å². The Labute approximate surface area is 178 Å². The number of rotatable bonds is 6. The minimum absolute atomic E-state index is 0.0348. The van der Waals surface area contributed by atoms with Gasteiger partial charge in [0.25, 0.3) is 0 Å². The number of nitrogens with zero attached hydrogens (tertiary/aromatic N) is 4. The van der Waals surface area contributed by atoms with E-state index >= 15 is 0 Å². The van der Waals surface area contributed by atoms with E-state index in [9.17, 15) is 9.59 Å². The van der Waals surface area contributed by atoms with Gasteiger partial charge in [-0.3, -0.25) is 15.0 Å². The number of anilines is 1. The number of carbonyl (C=O) groups is 2. The van der Waals surface area contributed by atoms with Crippen molar-refractivity contribution in [1.82, 2.24) is 25.0 Å². The molecular formula is C21H22N6O4. The molecule has 31 heavy (non-hydrogen) atoms. The summed E-state index contributed by atoms with van der Waals surface area (Å²) in [6.07, 6.45) is 3.11. The zero-order valence-corrected chi connectivity index (χ0v) is 17.1. The van der Waals surface area contributed by atoms with Crippen molar-refractivity contribution in [3.8, 4) is 17.2 Å². The molecule has 0 radical (unpaired) electrons. The molecule has 1 aromatic heterocycles. The van der Waals surface area contributed by atoms with Crippen LogP contribution in [0.3, 0.4) is 0 Å². The van der Waals surface area contributed by atoms with Gasteiger partial charge < -0.3 is 14.8 Å². The van der Waals surface area contributed by atoms with E-state index in [1.54, 1.807) is 29.2 Å². The van der Waals surface area contributed by atoms with Crippen molar-refractivity contribution >= 4 is 17.6 Å². The van der Waals surface area contributed by atoms with Crippen LogP contribution in [0.15, 0.2) is 55.1 Å². The highest BCUT2D eigenvalue weighted by molar-refractivity contribution is 6.01. The quantitative estimate of drug-likeness (QED) is 0.627. The van der Waals surface area contributed by atoms with Gasteiger partial charge in [-0.15, -0.1) is 0 Å². The number of hydrogen-bond donors (Lipinski definition) is 2. The molecule has 1 aliphatic rings. The molecule has 3 aromatic rings. The Morgan fingerprint density at radius 3 is 2.68 bits per heavy atom.